The van der Waals surface area contributed by atoms with Gasteiger partial charge in [-0.05, 0) is 69.1 Å². The molecule has 2 N–H and O–H groups in total. The van der Waals surface area contributed by atoms with Crippen LogP contribution in [0.25, 0.3) is 22.2 Å². The summed E-state index contributed by atoms with van der Waals surface area (Å²) in [5.41, 5.74) is 9.15. The molecule has 2 aromatic heterocycles. The van der Waals surface area contributed by atoms with Crippen molar-refractivity contribution < 1.29 is 14.3 Å². The molecule has 33 heavy (non-hydrogen) atoms. The van der Waals surface area contributed by atoms with Crippen LogP contribution in [0.3, 0.4) is 0 Å². The first-order chi connectivity index (χ1) is 16.1. The van der Waals surface area contributed by atoms with Crippen LogP contribution in [0, 0.1) is 5.92 Å². The van der Waals surface area contributed by atoms with Crippen LogP contribution in [0.4, 0.5) is 5.82 Å². The Labute approximate surface area is 193 Å². The van der Waals surface area contributed by atoms with E-state index < -0.39 is 0 Å². The topological polar surface area (TPSA) is 92.3 Å². The molecule has 2 aliphatic heterocycles. The first kappa shape index (κ1) is 20.7. The summed E-state index contributed by atoms with van der Waals surface area (Å²) in [7, 11) is 0. The first-order valence-corrected chi connectivity index (χ1v) is 12.1. The first-order valence-electron chi connectivity index (χ1n) is 12.1. The number of carbonyl (C=O) groups excluding carboxylic acids is 1. The van der Waals surface area contributed by atoms with Gasteiger partial charge in [0, 0.05) is 23.7 Å². The number of aldehydes is 1. The van der Waals surface area contributed by atoms with E-state index in [9.17, 15) is 4.79 Å². The van der Waals surface area contributed by atoms with Crippen molar-refractivity contribution in [2.24, 2.45) is 5.92 Å². The van der Waals surface area contributed by atoms with Gasteiger partial charge >= 0.3 is 0 Å². The smallest absolute Gasteiger partial charge is 0.146 e. The number of rotatable bonds is 6. The molecule has 0 unspecified atom stereocenters. The summed E-state index contributed by atoms with van der Waals surface area (Å²) in [6.45, 7) is 0.597. The lowest BCUT2D eigenvalue weighted by Gasteiger charge is -2.27. The van der Waals surface area contributed by atoms with E-state index in [0.717, 1.165) is 85.6 Å². The Morgan fingerprint density at radius 2 is 1.97 bits per heavy atom. The van der Waals surface area contributed by atoms with E-state index in [1.54, 1.807) is 0 Å². The quantitative estimate of drug-likeness (QED) is 0.552. The van der Waals surface area contributed by atoms with Gasteiger partial charge in [0.15, 0.2) is 0 Å². The molecule has 1 aromatic carbocycles. The van der Waals surface area contributed by atoms with Crippen molar-refractivity contribution >= 4 is 23.1 Å². The van der Waals surface area contributed by atoms with E-state index in [1.165, 1.54) is 6.33 Å². The average molecular weight is 447 g/mol. The Kier molecular flexibility index (Phi) is 5.09. The summed E-state index contributed by atoms with van der Waals surface area (Å²) >= 11 is 0. The Morgan fingerprint density at radius 3 is 2.70 bits per heavy atom. The summed E-state index contributed by atoms with van der Waals surface area (Å²) in [6.07, 6.45) is 13.4. The van der Waals surface area contributed by atoms with Crippen LogP contribution in [0.1, 0.15) is 57.4 Å². The van der Waals surface area contributed by atoms with Gasteiger partial charge in [0.2, 0.25) is 0 Å². The number of carbonyl (C=O) groups is 1. The summed E-state index contributed by atoms with van der Waals surface area (Å²) in [4.78, 5) is 20.1. The largest absolute Gasteiger partial charge is 0.491 e. The lowest BCUT2D eigenvalue weighted by Crippen LogP contribution is -2.32. The van der Waals surface area contributed by atoms with Crippen molar-refractivity contribution in [3.05, 3.63) is 36.8 Å². The third-order valence-corrected chi connectivity index (χ3v) is 7.87. The van der Waals surface area contributed by atoms with E-state index in [2.05, 4.69) is 32.9 Å². The molecule has 7 heteroatoms. The van der Waals surface area contributed by atoms with E-state index in [0.29, 0.717) is 24.6 Å². The number of fused-ring (bicyclic) bond motifs is 3. The second kappa shape index (κ2) is 8.13. The summed E-state index contributed by atoms with van der Waals surface area (Å²) in [5.74, 6) is 1.50. The fraction of sp³-hybridized carbons (Fsp3) is 0.500. The van der Waals surface area contributed by atoms with Crippen molar-refractivity contribution in [3.8, 4) is 16.9 Å². The maximum atomic E-state index is 11.2. The minimum Gasteiger partial charge on any atom is -0.491 e. The van der Waals surface area contributed by atoms with Gasteiger partial charge in [-0.2, -0.15) is 0 Å². The van der Waals surface area contributed by atoms with Crippen molar-refractivity contribution in [1.29, 1.82) is 0 Å². The maximum Gasteiger partial charge on any atom is 0.146 e. The predicted octanol–water partition coefficient (Wildman–Crippen LogP) is 4.70. The number of nitrogens with two attached hydrogens (primary N) is 1. The molecule has 6 rings (SSSR count). The molecule has 3 aromatic rings. The number of nitrogens with zero attached hydrogens (tertiary/aromatic N) is 3. The highest BCUT2D eigenvalue weighted by atomic mass is 16.6. The monoisotopic (exact) mass is 446 g/mol. The maximum absolute atomic E-state index is 11.2. The predicted molar refractivity (Wildman–Crippen MR) is 126 cm³/mol. The third-order valence-electron chi connectivity index (χ3n) is 7.87. The lowest BCUT2D eigenvalue weighted by atomic mass is 9.87. The van der Waals surface area contributed by atoms with Gasteiger partial charge in [0.1, 0.15) is 42.0 Å². The van der Waals surface area contributed by atoms with Crippen LogP contribution >= 0.6 is 0 Å². The van der Waals surface area contributed by atoms with Crippen LogP contribution in [-0.4, -0.2) is 39.1 Å². The molecular formula is C26H30N4O3. The van der Waals surface area contributed by atoms with E-state index in [1.807, 2.05) is 12.1 Å². The molecule has 4 heterocycles. The van der Waals surface area contributed by atoms with Crippen LogP contribution < -0.4 is 10.5 Å². The molecule has 7 nitrogen and oxygen atoms in total. The van der Waals surface area contributed by atoms with Gasteiger partial charge in [0.25, 0.3) is 0 Å². The van der Waals surface area contributed by atoms with E-state index in [4.69, 9.17) is 15.2 Å². The van der Waals surface area contributed by atoms with Crippen LogP contribution in [0.15, 0.2) is 36.8 Å². The average Bonchev–Trinajstić information content (AvgIpc) is 3.57. The van der Waals surface area contributed by atoms with Gasteiger partial charge < -0.3 is 24.6 Å². The van der Waals surface area contributed by atoms with Gasteiger partial charge in [-0.3, -0.25) is 0 Å². The Morgan fingerprint density at radius 1 is 1.15 bits per heavy atom. The fourth-order valence-corrected chi connectivity index (χ4v) is 5.97. The van der Waals surface area contributed by atoms with Gasteiger partial charge in [-0.15, -0.1) is 0 Å². The van der Waals surface area contributed by atoms with E-state index >= 15 is 0 Å². The highest BCUT2D eigenvalue weighted by molar-refractivity contribution is 6.00. The molecule has 0 radical (unpaired) electrons. The summed E-state index contributed by atoms with van der Waals surface area (Å²) in [6, 6.07) is 8.49. The SMILES string of the molecule is Nc1ncnc2c1c(-c1cccc(OCC34CCC(CC3)O4)c1)cn2[C@H]1CC[C@H](C=O)CC1. The number of hydrogen-bond acceptors (Lipinski definition) is 6. The molecule has 2 saturated heterocycles. The van der Waals surface area contributed by atoms with Crippen LogP contribution in [-0.2, 0) is 9.53 Å². The van der Waals surface area contributed by atoms with Crippen molar-refractivity contribution in [3.63, 3.8) is 0 Å². The number of anilines is 1. The molecule has 0 spiro atoms. The third kappa shape index (κ3) is 3.68. The van der Waals surface area contributed by atoms with Gasteiger partial charge in [-0.1, -0.05) is 12.1 Å². The molecule has 3 aliphatic rings. The number of hydrogen-bond donors (Lipinski definition) is 1. The number of ether oxygens (including phenoxy) is 2. The Balaban J connectivity index is 1.31. The highest BCUT2D eigenvalue weighted by Gasteiger charge is 2.46. The second-order valence-corrected chi connectivity index (χ2v) is 9.93. The summed E-state index contributed by atoms with van der Waals surface area (Å²) in [5, 5.41) is 0.878. The standard InChI is InChI=1S/C26H30N4O3/c27-24-23-22(13-30(25(23)29-16-28-24)19-6-4-17(14-31)5-7-19)18-2-1-3-21(12-18)32-15-26-10-8-20(33-26)9-11-26/h1-3,12-14,16-17,19-20H,4-11,15H2,(H2,27,28,29)/t17-,19-,20?,26?. The van der Waals surface area contributed by atoms with Gasteiger partial charge in [-0.25, -0.2) is 9.97 Å². The molecule has 0 amide bonds. The van der Waals surface area contributed by atoms with Crippen molar-refractivity contribution in [1.82, 2.24) is 14.5 Å². The van der Waals surface area contributed by atoms with Crippen molar-refractivity contribution in [2.75, 3.05) is 12.3 Å². The lowest BCUT2D eigenvalue weighted by molar-refractivity contribution is -0.112. The molecule has 1 aliphatic carbocycles. The number of benzene rings is 1. The van der Waals surface area contributed by atoms with Crippen molar-refractivity contribution in [2.45, 2.75) is 69.1 Å². The minimum absolute atomic E-state index is 0.102. The zero-order valence-electron chi connectivity index (χ0n) is 18.8. The Bertz CT molecular complexity index is 1170. The molecule has 3 fully saturated rings. The Hall–Kier alpha value is -2.93. The second-order valence-electron chi connectivity index (χ2n) is 9.93. The molecule has 0 atom stereocenters. The number of nitrogen functional groups attached to an aromatic ring is 1. The molecule has 2 bridgehead atoms. The van der Waals surface area contributed by atoms with Crippen LogP contribution in [0.5, 0.6) is 5.75 Å². The molecular weight excluding hydrogens is 416 g/mol. The van der Waals surface area contributed by atoms with E-state index in [-0.39, 0.29) is 11.5 Å². The normalized spacial score (nSPS) is 28.9. The molecule has 172 valence electrons. The zero-order valence-corrected chi connectivity index (χ0v) is 18.8. The number of aromatic nitrogens is 3. The minimum atomic E-state index is -0.102. The van der Waals surface area contributed by atoms with Crippen LogP contribution in [0.2, 0.25) is 0 Å². The highest BCUT2D eigenvalue weighted by Crippen LogP contribution is 2.44. The van der Waals surface area contributed by atoms with Gasteiger partial charge in [0.05, 0.1) is 11.5 Å². The summed E-state index contributed by atoms with van der Waals surface area (Å²) < 4.78 is 14.6. The zero-order chi connectivity index (χ0) is 22.4. The fourth-order valence-electron chi connectivity index (χ4n) is 5.97. The molecule has 1 saturated carbocycles.